The van der Waals surface area contributed by atoms with Crippen molar-refractivity contribution in [1.82, 2.24) is 0 Å². The lowest BCUT2D eigenvalue weighted by Crippen LogP contribution is -2.32. The Morgan fingerprint density at radius 3 is 2.55 bits per heavy atom. The van der Waals surface area contributed by atoms with Gasteiger partial charge in [0, 0.05) is 5.56 Å². The molecular weight excluding hydrogens is 280 g/mol. The van der Waals surface area contributed by atoms with Crippen molar-refractivity contribution in [3.05, 3.63) is 53.6 Å². The van der Waals surface area contributed by atoms with Gasteiger partial charge in [-0.1, -0.05) is 30.3 Å². The molecule has 5 heteroatoms. The quantitative estimate of drug-likeness (QED) is 0.881. The molecule has 0 aliphatic heterocycles. The lowest BCUT2D eigenvalue weighted by atomic mass is 9.97. The standard InChI is InChI=1S/C17H16N2O3/c1-22-15-4-2-3-13(10-18)16(15)12-7-5-11(6-8-12)9-14(19)17(20)21/h2-8,14H,9,19H2,1H3,(H,20,21)/t14-/m0/s1. The van der Waals surface area contributed by atoms with Crippen LogP contribution in [0.2, 0.25) is 0 Å². The Labute approximate surface area is 128 Å². The van der Waals surface area contributed by atoms with Crippen LogP contribution >= 0.6 is 0 Å². The summed E-state index contributed by atoms with van der Waals surface area (Å²) in [7, 11) is 1.56. The van der Waals surface area contributed by atoms with E-state index in [4.69, 9.17) is 15.6 Å². The third-order valence-corrected chi connectivity index (χ3v) is 3.38. The average molecular weight is 296 g/mol. The Morgan fingerprint density at radius 2 is 2.00 bits per heavy atom. The first kappa shape index (κ1) is 15.5. The van der Waals surface area contributed by atoms with Crippen LogP contribution in [0.3, 0.4) is 0 Å². The zero-order valence-electron chi connectivity index (χ0n) is 12.1. The number of ether oxygens (including phenoxy) is 1. The molecule has 0 saturated carbocycles. The van der Waals surface area contributed by atoms with Gasteiger partial charge in [-0.3, -0.25) is 4.79 Å². The highest BCUT2D eigenvalue weighted by Crippen LogP contribution is 2.33. The van der Waals surface area contributed by atoms with Crippen molar-refractivity contribution in [2.45, 2.75) is 12.5 Å². The first-order valence-electron chi connectivity index (χ1n) is 6.71. The van der Waals surface area contributed by atoms with Crippen LogP contribution in [0.25, 0.3) is 11.1 Å². The predicted octanol–water partition coefficient (Wildman–Crippen LogP) is 2.19. The summed E-state index contributed by atoms with van der Waals surface area (Å²) in [6, 6.07) is 13.8. The number of nitriles is 1. The van der Waals surface area contributed by atoms with Crippen molar-refractivity contribution in [2.75, 3.05) is 7.11 Å². The molecule has 1 atom stereocenters. The maximum Gasteiger partial charge on any atom is 0.320 e. The molecule has 22 heavy (non-hydrogen) atoms. The molecule has 2 rings (SSSR count). The molecule has 0 radical (unpaired) electrons. The van der Waals surface area contributed by atoms with E-state index < -0.39 is 12.0 Å². The molecule has 0 unspecified atom stereocenters. The van der Waals surface area contributed by atoms with Crippen molar-refractivity contribution in [3.63, 3.8) is 0 Å². The van der Waals surface area contributed by atoms with Gasteiger partial charge in [0.1, 0.15) is 11.8 Å². The van der Waals surface area contributed by atoms with Gasteiger partial charge in [-0.25, -0.2) is 0 Å². The van der Waals surface area contributed by atoms with Crippen LogP contribution < -0.4 is 10.5 Å². The van der Waals surface area contributed by atoms with E-state index in [0.29, 0.717) is 11.3 Å². The number of rotatable bonds is 5. The van der Waals surface area contributed by atoms with Gasteiger partial charge in [0.25, 0.3) is 0 Å². The second kappa shape index (κ2) is 6.74. The molecule has 112 valence electrons. The van der Waals surface area contributed by atoms with Crippen LogP contribution in [0.15, 0.2) is 42.5 Å². The minimum Gasteiger partial charge on any atom is -0.496 e. The summed E-state index contributed by atoms with van der Waals surface area (Å²) in [5.74, 6) is -0.408. The average Bonchev–Trinajstić information content (AvgIpc) is 2.54. The Kier molecular flexibility index (Phi) is 4.77. The number of nitrogens with two attached hydrogens (primary N) is 1. The molecule has 0 heterocycles. The van der Waals surface area contributed by atoms with Gasteiger partial charge < -0.3 is 15.6 Å². The number of hydrogen-bond acceptors (Lipinski definition) is 4. The van der Waals surface area contributed by atoms with E-state index in [1.54, 1.807) is 25.3 Å². The molecule has 0 aliphatic rings. The molecule has 3 N–H and O–H groups in total. The maximum atomic E-state index is 10.8. The van der Waals surface area contributed by atoms with E-state index in [2.05, 4.69) is 6.07 Å². The Balaban J connectivity index is 2.36. The number of methoxy groups -OCH3 is 1. The Morgan fingerprint density at radius 1 is 1.32 bits per heavy atom. The van der Waals surface area contributed by atoms with Gasteiger partial charge in [0.05, 0.1) is 18.7 Å². The summed E-state index contributed by atoms with van der Waals surface area (Å²) < 4.78 is 5.32. The smallest absolute Gasteiger partial charge is 0.320 e. The van der Waals surface area contributed by atoms with E-state index in [0.717, 1.165) is 16.7 Å². The fourth-order valence-electron chi connectivity index (χ4n) is 2.24. The number of nitrogens with zero attached hydrogens (tertiary/aromatic N) is 1. The lowest BCUT2D eigenvalue weighted by molar-refractivity contribution is -0.138. The van der Waals surface area contributed by atoms with Gasteiger partial charge in [0.2, 0.25) is 0 Å². The second-order valence-corrected chi connectivity index (χ2v) is 4.84. The van der Waals surface area contributed by atoms with Crippen molar-refractivity contribution in [2.24, 2.45) is 5.73 Å². The van der Waals surface area contributed by atoms with Crippen LogP contribution in [0.4, 0.5) is 0 Å². The SMILES string of the molecule is COc1cccc(C#N)c1-c1ccc(C[C@H](N)C(=O)O)cc1. The number of carboxylic acids is 1. The van der Waals surface area contributed by atoms with Crippen molar-refractivity contribution < 1.29 is 14.6 Å². The van der Waals surface area contributed by atoms with Crippen molar-refractivity contribution >= 4 is 5.97 Å². The molecule has 0 spiro atoms. The number of aliphatic carboxylic acids is 1. The van der Waals surface area contributed by atoms with Gasteiger partial charge in [0.15, 0.2) is 0 Å². The molecular formula is C17H16N2O3. The minimum atomic E-state index is -1.03. The zero-order chi connectivity index (χ0) is 16.1. The largest absolute Gasteiger partial charge is 0.496 e. The number of hydrogen-bond donors (Lipinski definition) is 2. The molecule has 5 nitrogen and oxygen atoms in total. The Bertz CT molecular complexity index is 718. The maximum absolute atomic E-state index is 10.8. The third kappa shape index (κ3) is 3.25. The van der Waals surface area contributed by atoms with E-state index in [9.17, 15) is 10.1 Å². The highest BCUT2D eigenvalue weighted by atomic mass is 16.5. The normalized spacial score (nSPS) is 11.5. The molecule has 0 aromatic heterocycles. The third-order valence-electron chi connectivity index (χ3n) is 3.38. The molecule has 2 aromatic rings. The molecule has 0 amide bonds. The van der Waals surface area contributed by atoms with E-state index in [1.165, 1.54) is 0 Å². The van der Waals surface area contributed by atoms with E-state index >= 15 is 0 Å². The van der Waals surface area contributed by atoms with Gasteiger partial charge >= 0.3 is 5.97 Å². The van der Waals surface area contributed by atoms with Crippen molar-refractivity contribution in [1.29, 1.82) is 5.26 Å². The van der Waals surface area contributed by atoms with Gasteiger partial charge in [-0.2, -0.15) is 5.26 Å². The summed E-state index contributed by atoms with van der Waals surface area (Å²) in [6.07, 6.45) is 0.257. The second-order valence-electron chi connectivity index (χ2n) is 4.84. The predicted molar refractivity (Wildman–Crippen MR) is 82.5 cm³/mol. The summed E-state index contributed by atoms with van der Waals surface area (Å²) >= 11 is 0. The monoisotopic (exact) mass is 296 g/mol. The van der Waals surface area contributed by atoms with E-state index in [-0.39, 0.29) is 6.42 Å². The van der Waals surface area contributed by atoms with Crippen molar-refractivity contribution in [3.8, 4) is 22.9 Å². The summed E-state index contributed by atoms with van der Waals surface area (Å²) in [5, 5.41) is 18.1. The zero-order valence-corrected chi connectivity index (χ0v) is 12.1. The van der Waals surface area contributed by atoms with Crippen LogP contribution in [0.1, 0.15) is 11.1 Å². The van der Waals surface area contributed by atoms with Crippen LogP contribution in [-0.2, 0) is 11.2 Å². The Hall–Kier alpha value is -2.84. The number of carbonyl (C=O) groups is 1. The number of carboxylic acid groups (broad SMARTS) is 1. The molecule has 0 aliphatic carbocycles. The molecule has 2 aromatic carbocycles. The first-order chi connectivity index (χ1) is 10.6. The molecule has 0 fully saturated rings. The number of benzene rings is 2. The van der Waals surface area contributed by atoms with Crippen LogP contribution in [0.5, 0.6) is 5.75 Å². The lowest BCUT2D eigenvalue weighted by Gasteiger charge is -2.11. The summed E-state index contributed by atoms with van der Waals surface area (Å²) in [5.41, 5.74) is 8.43. The minimum absolute atomic E-state index is 0.257. The highest BCUT2D eigenvalue weighted by molar-refractivity contribution is 5.77. The fraction of sp³-hybridized carbons (Fsp3) is 0.176. The van der Waals surface area contributed by atoms with E-state index in [1.807, 2.05) is 24.3 Å². The fourth-order valence-corrected chi connectivity index (χ4v) is 2.24. The van der Waals surface area contributed by atoms with Gasteiger partial charge in [-0.05, 0) is 29.7 Å². The van der Waals surface area contributed by atoms with Crippen LogP contribution in [0, 0.1) is 11.3 Å². The highest BCUT2D eigenvalue weighted by Gasteiger charge is 2.14. The molecule has 0 saturated heterocycles. The first-order valence-corrected chi connectivity index (χ1v) is 6.71. The van der Waals surface area contributed by atoms with Crippen LogP contribution in [-0.4, -0.2) is 24.2 Å². The van der Waals surface area contributed by atoms with Gasteiger partial charge in [-0.15, -0.1) is 0 Å². The molecule has 0 bridgehead atoms. The summed E-state index contributed by atoms with van der Waals surface area (Å²) in [4.78, 5) is 10.8. The topological polar surface area (TPSA) is 96.3 Å². The summed E-state index contributed by atoms with van der Waals surface area (Å²) in [6.45, 7) is 0.